The second-order valence-electron chi connectivity index (χ2n) is 14.8. The van der Waals surface area contributed by atoms with Crippen LogP contribution in [0.15, 0.2) is 66.9 Å². The molecule has 1 N–H and O–H groups in total. The number of amides is 2. The molecule has 1 aliphatic heterocycles. The van der Waals surface area contributed by atoms with Crippen LogP contribution < -0.4 is 5.32 Å². The number of ketones is 1. The highest BCUT2D eigenvalue weighted by atomic mass is 35.5. The molecule has 0 saturated carbocycles. The lowest BCUT2D eigenvalue weighted by Crippen LogP contribution is -2.43. The summed E-state index contributed by atoms with van der Waals surface area (Å²) in [4.78, 5) is 42.3. The van der Waals surface area contributed by atoms with Crippen LogP contribution >= 0.6 is 11.6 Å². The number of hydrogen-bond acceptors (Lipinski definition) is 7. The van der Waals surface area contributed by atoms with Gasteiger partial charge >= 0.3 is 6.09 Å². The number of carbonyl (C=O) groups is 3. The zero-order chi connectivity index (χ0) is 40.9. The Morgan fingerprint density at radius 3 is 2.29 bits per heavy atom. The van der Waals surface area contributed by atoms with E-state index in [0.29, 0.717) is 42.1 Å². The van der Waals surface area contributed by atoms with E-state index < -0.39 is 50.6 Å². The second-order valence-corrected chi connectivity index (χ2v) is 17.4. The number of sulfone groups is 1. The molecule has 1 aliphatic rings. The lowest BCUT2D eigenvalue weighted by molar-refractivity contribution is -0.00377. The van der Waals surface area contributed by atoms with Crippen molar-refractivity contribution in [3.05, 3.63) is 117 Å². The molecule has 1 aromatic heterocycles. The number of hydrogen-bond donors (Lipinski definition) is 1. The summed E-state index contributed by atoms with van der Waals surface area (Å²) < 4.78 is 68.2. The van der Waals surface area contributed by atoms with E-state index in [4.69, 9.17) is 21.1 Å². The number of rotatable bonds is 10. The summed E-state index contributed by atoms with van der Waals surface area (Å²) >= 11 is 6.18. The van der Waals surface area contributed by atoms with Gasteiger partial charge in [-0.25, -0.2) is 22.0 Å². The molecule has 10 nitrogen and oxygen atoms in total. The van der Waals surface area contributed by atoms with Gasteiger partial charge in [-0.15, -0.1) is 0 Å². The fourth-order valence-corrected chi connectivity index (χ4v) is 7.52. The molecule has 0 bridgehead atoms. The maximum atomic E-state index is 15.7. The first kappa shape index (κ1) is 42.1. The minimum Gasteiger partial charge on any atom is -0.444 e. The number of piperidine rings is 1. The third kappa shape index (κ3) is 10.6. The van der Waals surface area contributed by atoms with Crippen molar-refractivity contribution in [1.29, 1.82) is 0 Å². The number of aryl methyl sites for hydroxylation is 1. The zero-order valence-corrected chi connectivity index (χ0v) is 33.6. The monoisotopic (exact) mass is 807 g/mol. The standard InChI is InChI=1S/C42H44ClF2N3O7S/c1-26-33(44)16-17-34(45)36(26)37-32(40(50)46-35(25-56(6,52)53)29-10-7-11-30(43)23-29)24-47(5)38(37)39(49)28-14-12-27(13-15-28)9-8-22-54-31-18-20-48(21-19-31)41(51)55-42(2,3)4/h7,10-17,23-24,31,35H,18-22,25H2,1-6H3,(H,46,50)/t35-/m0/s1. The Morgan fingerprint density at radius 1 is 1.00 bits per heavy atom. The van der Waals surface area contributed by atoms with Crippen LogP contribution in [0.3, 0.4) is 0 Å². The van der Waals surface area contributed by atoms with Crippen molar-refractivity contribution in [3.8, 4) is 23.0 Å². The molecule has 56 heavy (non-hydrogen) atoms. The summed E-state index contributed by atoms with van der Waals surface area (Å²) in [6.45, 7) is 8.04. The van der Waals surface area contributed by atoms with Crippen LogP contribution in [0.4, 0.5) is 13.6 Å². The van der Waals surface area contributed by atoms with E-state index >= 15 is 4.39 Å². The van der Waals surface area contributed by atoms with Crippen molar-refractivity contribution < 1.29 is 41.1 Å². The molecule has 2 amide bonds. The number of nitrogens with zero attached hydrogens (tertiary/aromatic N) is 2. The first-order valence-electron chi connectivity index (χ1n) is 17.9. The fourth-order valence-electron chi connectivity index (χ4n) is 6.44. The highest BCUT2D eigenvalue weighted by molar-refractivity contribution is 7.90. The van der Waals surface area contributed by atoms with E-state index in [0.717, 1.165) is 18.4 Å². The third-order valence-electron chi connectivity index (χ3n) is 9.13. The summed E-state index contributed by atoms with van der Waals surface area (Å²) in [5.74, 6) is 2.52. The minimum atomic E-state index is -3.63. The van der Waals surface area contributed by atoms with Crippen molar-refractivity contribution in [2.45, 2.75) is 58.3 Å². The normalized spacial score (nSPS) is 14.1. The fraction of sp³-hybridized carbons (Fsp3) is 0.357. The van der Waals surface area contributed by atoms with Crippen LogP contribution in [-0.4, -0.2) is 79.1 Å². The van der Waals surface area contributed by atoms with Gasteiger partial charge in [0.15, 0.2) is 0 Å². The highest BCUT2D eigenvalue weighted by Gasteiger charge is 2.32. The Bertz CT molecular complexity index is 2300. The van der Waals surface area contributed by atoms with Crippen molar-refractivity contribution in [1.82, 2.24) is 14.8 Å². The lowest BCUT2D eigenvalue weighted by Gasteiger charge is -2.33. The summed E-state index contributed by atoms with van der Waals surface area (Å²) in [5.41, 5.74) is -0.157. The summed E-state index contributed by atoms with van der Waals surface area (Å²) in [7, 11) is -2.12. The first-order chi connectivity index (χ1) is 26.3. The Labute approximate surface area is 331 Å². The molecule has 296 valence electrons. The van der Waals surface area contributed by atoms with Gasteiger partial charge in [-0.2, -0.15) is 0 Å². The largest absolute Gasteiger partial charge is 0.444 e. The van der Waals surface area contributed by atoms with Gasteiger partial charge < -0.3 is 24.3 Å². The first-order valence-corrected chi connectivity index (χ1v) is 20.4. The predicted octanol–water partition coefficient (Wildman–Crippen LogP) is 7.45. The SMILES string of the molecule is Cc1c(F)ccc(F)c1-c1c(C(=O)N[C@@H](CS(C)(=O)=O)c2cccc(Cl)c2)cn(C)c1C(=O)c1ccc(C#CCOC2CCN(C(=O)OC(C)(C)C)CC2)cc1. The maximum absolute atomic E-state index is 15.7. The molecule has 5 rings (SSSR count). The zero-order valence-electron chi connectivity index (χ0n) is 32.0. The predicted molar refractivity (Wildman–Crippen MR) is 210 cm³/mol. The quantitative estimate of drug-likeness (QED) is 0.131. The molecule has 0 unspecified atom stereocenters. The van der Waals surface area contributed by atoms with Crippen LogP contribution in [0.25, 0.3) is 11.1 Å². The third-order valence-corrected chi connectivity index (χ3v) is 10.3. The molecule has 14 heteroatoms. The van der Waals surface area contributed by atoms with E-state index in [1.165, 1.54) is 30.8 Å². The molecule has 1 atom stereocenters. The number of carbonyl (C=O) groups excluding carboxylic acids is 3. The number of likely N-dealkylation sites (tertiary alicyclic amines) is 1. The molecule has 1 fully saturated rings. The van der Waals surface area contributed by atoms with E-state index in [2.05, 4.69) is 17.2 Å². The summed E-state index contributed by atoms with van der Waals surface area (Å²) in [5, 5.41) is 3.04. The topological polar surface area (TPSA) is 124 Å². The van der Waals surface area contributed by atoms with Crippen LogP contribution in [0, 0.1) is 30.4 Å². The molecule has 1 saturated heterocycles. The number of aromatic nitrogens is 1. The number of nitrogens with one attached hydrogen (secondary N) is 1. The van der Waals surface area contributed by atoms with E-state index in [1.54, 1.807) is 47.4 Å². The molecular formula is C42H44ClF2N3O7S. The van der Waals surface area contributed by atoms with Crippen LogP contribution in [0.1, 0.15) is 82.8 Å². The van der Waals surface area contributed by atoms with Crippen LogP contribution in [0.5, 0.6) is 0 Å². The van der Waals surface area contributed by atoms with E-state index in [1.807, 2.05) is 20.8 Å². The van der Waals surface area contributed by atoms with Gasteiger partial charge in [-0.3, -0.25) is 9.59 Å². The Hall–Kier alpha value is -5.03. The second kappa shape index (κ2) is 17.4. The minimum absolute atomic E-state index is 0.0524. The molecule has 3 aromatic carbocycles. The van der Waals surface area contributed by atoms with Gasteiger partial charge in [-0.1, -0.05) is 35.6 Å². The lowest BCUT2D eigenvalue weighted by atomic mass is 9.92. The molecule has 0 radical (unpaired) electrons. The molecule has 0 spiro atoms. The summed E-state index contributed by atoms with van der Waals surface area (Å²) in [6.07, 6.45) is 3.28. The Balaban J connectivity index is 1.37. The number of ether oxygens (including phenoxy) is 2. The Kier molecular flexibility index (Phi) is 13.1. The van der Waals surface area contributed by atoms with E-state index in [9.17, 15) is 27.2 Å². The van der Waals surface area contributed by atoms with Gasteiger partial charge in [0.05, 0.1) is 29.2 Å². The van der Waals surface area contributed by atoms with Crippen molar-refractivity contribution in [3.63, 3.8) is 0 Å². The van der Waals surface area contributed by atoms with Crippen LogP contribution in [-0.2, 0) is 26.4 Å². The van der Waals surface area contributed by atoms with E-state index in [-0.39, 0.29) is 52.3 Å². The van der Waals surface area contributed by atoms with Crippen molar-refractivity contribution in [2.24, 2.45) is 7.05 Å². The average molecular weight is 808 g/mol. The van der Waals surface area contributed by atoms with Crippen molar-refractivity contribution >= 4 is 39.2 Å². The van der Waals surface area contributed by atoms with Gasteiger partial charge in [0, 0.05) is 59.9 Å². The molecule has 0 aliphatic carbocycles. The molecule has 4 aromatic rings. The number of benzene rings is 3. The van der Waals surface area contributed by atoms with Gasteiger partial charge in [0.25, 0.3) is 5.91 Å². The van der Waals surface area contributed by atoms with Crippen molar-refractivity contribution in [2.75, 3.05) is 31.7 Å². The average Bonchev–Trinajstić information content (AvgIpc) is 3.46. The van der Waals surface area contributed by atoms with Gasteiger partial charge in [-0.05, 0) is 100 Å². The highest BCUT2D eigenvalue weighted by Crippen LogP contribution is 2.37. The molecular weight excluding hydrogens is 764 g/mol. The smallest absolute Gasteiger partial charge is 0.410 e. The summed E-state index contributed by atoms with van der Waals surface area (Å²) in [6, 6.07) is 13.5. The van der Waals surface area contributed by atoms with Gasteiger partial charge in [0.2, 0.25) is 5.78 Å². The molecule has 2 heterocycles. The Morgan fingerprint density at radius 2 is 1.66 bits per heavy atom. The maximum Gasteiger partial charge on any atom is 0.410 e. The number of halogens is 3. The van der Waals surface area contributed by atoms with Crippen LogP contribution in [0.2, 0.25) is 5.02 Å². The van der Waals surface area contributed by atoms with Gasteiger partial charge in [0.1, 0.15) is 33.7 Å².